The SMILES string of the molecule is Cc1cc(N=NN(C)C)ccc1C=C(OS(=O)(=O)O)c1[c-]cc(O)cc1.[Na+]. The average molecular weight is 399 g/mol. The third kappa shape index (κ3) is 7.69. The Balaban J connectivity index is 0.00000364. The Kier molecular flexibility index (Phi) is 8.45. The molecule has 27 heavy (non-hydrogen) atoms. The monoisotopic (exact) mass is 399 g/mol. The molecule has 8 nitrogen and oxygen atoms in total. The minimum absolute atomic E-state index is 0. The van der Waals surface area contributed by atoms with Gasteiger partial charge in [0.1, 0.15) is 0 Å². The van der Waals surface area contributed by atoms with E-state index in [0.29, 0.717) is 11.3 Å². The summed E-state index contributed by atoms with van der Waals surface area (Å²) < 4.78 is 36.0. The van der Waals surface area contributed by atoms with E-state index in [1.54, 1.807) is 37.3 Å². The number of hydrogen-bond donors (Lipinski definition) is 2. The first-order valence-electron chi connectivity index (χ1n) is 7.43. The number of phenolic OH excluding ortho intramolecular Hbond substituents is 1. The van der Waals surface area contributed by atoms with E-state index >= 15 is 0 Å². The molecule has 0 bridgehead atoms. The molecule has 0 amide bonds. The van der Waals surface area contributed by atoms with Gasteiger partial charge in [-0.1, -0.05) is 17.4 Å². The van der Waals surface area contributed by atoms with E-state index in [1.165, 1.54) is 24.3 Å². The molecule has 10 heteroatoms. The van der Waals surface area contributed by atoms with E-state index in [0.717, 1.165) is 5.56 Å². The Hall–Kier alpha value is -1.91. The van der Waals surface area contributed by atoms with Crippen molar-refractivity contribution in [1.29, 1.82) is 0 Å². The van der Waals surface area contributed by atoms with Crippen molar-refractivity contribution in [2.24, 2.45) is 10.3 Å². The van der Waals surface area contributed by atoms with Crippen LogP contribution in [0.4, 0.5) is 5.69 Å². The third-order valence-electron chi connectivity index (χ3n) is 3.14. The van der Waals surface area contributed by atoms with Gasteiger partial charge in [-0.25, -0.2) is 0 Å². The topological polar surface area (TPSA) is 112 Å². The first-order valence-corrected chi connectivity index (χ1v) is 8.80. The Labute approximate surface area is 180 Å². The van der Waals surface area contributed by atoms with Crippen molar-refractivity contribution >= 4 is 27.9 Å². The van der Waals surface area contributed by atoms with Gasteiger partial charge in [-0.3, -0.25) is 9.56 Å². The Morgan fingerprint density at radius 3 is 2.48 bits per heavy atom. The Morgan fingerprint density at radius 1 is 1.26 bits per heavy atom. The van der Waals surface area contributed by atoms with Crippen molar-refractivity contribution in [3.05, 3.63) is 59.2 Å². The second-order valence-electron chi connectivity index (χ2n) is 5.56. The van der Waals surface area contributed by atoms with E-state index in [1.807, 2.05) is 6.92 Å². The van der Waals surface area contributed by atoms with Gasteiger partial charge in [-0.05, 0) is 30.2 Å². The fraction of sp³-hybridized carbons (Fsp3) is 0.176. The third-order valence-corrected chi connectivity index (χ3v) is 3.53. The quantitative estimate of drug-likeness (QED) is 0.138. The summed E-state index contributed by atoms with van der Waals surface area (Å²) in [6.07, 6.45) is 1.44. The van der Waals surface area contributed by atoms with Crippen LogP contribution in [0.5, 0.6) is 5.75 Å². The van der Waals surface area contributed by atoms with Crippen LogP contribution in [0.3, 0.4) is 0 Å². The van der Waals surface area contributed by atoms with Gasteiger partial charge < -0.3 is 9.29 Å². The van der Waals surface area contributed by atoms with Crippen LogP contribution in [0, 0.1) is 13.0 Å². The molecule has 2 aromatic carbocycles. The summed E-state index contributed by atoms with van der Waals surface area (Å²) in [5.74, 6) is -0.176. The summed E-state index contributed by atoms with van der Waals surface area (Å²) >= 11 is 0. The molecular weight excluding hydrogens is 381 g/mol. The zero-order valence-electron chi connectivity index (χ0n) is 15.4. The van der Waals surface area contributed by atoms with Gasteiger partial charge in [-0.2, -0.15) is 8.42 Å². The van der Waals surface area contributed by atoms with Gasteiger partial charge >= 0.3 is 40.0 Å². The minimum atomic E-state index is -4.73. The van der Waals surface area contributed by atoms with Crippen molar-refractivity contribution in [1.82, 2.24) is 5.01 Å². The van der Waals surface area contributed by atoms with Gasteiger partial charge in [0.05, 0.1) is 11.4 Å². The number of aryl methyl sites for hydroxylation is 1. The number of hydrogen-bond acceptors (Lipinski definition) is 6. The molecule has 0 atom stereocenters. The molecule has 0 unspecified atom stereocenters. The summed E-state index contributed by atoms with van der Waals surface area (Å²) in [6.45, 7) is 1.81. The molecule has 0 heterocycles. The molecule has 0 aliphatic heterocycles. The molecule has 2 N–H and O–H groups in total. The van der Waals surface area contributed by atoms with Crippen molar-refractivity contribution in [3.63, 3.8) is 0 Å². The molecular formula is C17H18N3NaO5S. The number of rotatable bonds is 6. The fourth-order valence-electron chi connectivity index (χ4n) is 2.00. The summed E-state index contributed by atoms with van der Waals surface area (Å²) in [5.41, 5.74) is 2.31. The van der Waals surface area contributed by atoms with E-state index in [4.69, 9.17) is 4.55 Å². The predicted molar refractivity (Wildman–Crippen MR) is 96.8 cm³/mol. The summed E-state index contributed by atoms with van der Waals surface area (Å²) in [7, 11) is -1.23. The summed E-state index contributed by atoms with van der Waals surface area (Å²) in [6, 6.07) is 11.9. The van der Waals surface area contributed by atoms with Crippen LogP contribution in [0.1, 0.15) is 16.7 Å². The molecule has 138 valence electrons. The maximum absolute atomic E-state index is 11.2. The molecule has 0 fully saturated rings. The molecule has 0 saturated heterocycles. The largest absolute Gasteiger partial charge is 1.00 e. The summed E-state index contributed by atoms with van der Waals surface area (Å²) in [5, 5.41) is 18.9. The average Bonchev–Trinajstić information content (AvgIpc) is 2.54. The maximum atomic E-state index is 11.2. The van der Waals surface area contributed by atoms with Gasteiger partial charge in [0.15, 0.2) is 0 Å². The normalized spacial score (nSPS) is 11.9. The minimum Gasteiger partial charge on any atom is -0.551 e. The van der Waals surface area contributed by atoms with Crippen LogP contribution in [0.15, 0.2) is 46.7 Å². The first-order chi connectivity index (χ1) is 12.1. The van der Waals surface area contributed by atoms with E-state index in [2.05, 4.69) is 20.6 Å². The molecule has 2 rings (SSSR count). The second-order valence-corrected chi connectivity index (χ2v) is 6.58. The van der Waals surface area contributed by atoms with E-state index < -0.39 is 10.4 Å². The van der Waals surface area contributed by atoms with Gasteiger partial charge in [-0.15, -0.1) is 34.9 Å². The zero-order chi connectivity index (χ0) is 19.3. The molecule has 0 spiro atoms. The molecule has 0 aliphatic rings. The number of benzene rings is 2. The van der Waals surface area contributed by atoms with Crippen LogP contribution in [0.25, 0.3) is 11.8 Å². The Morgan fingerprint density at radius 2 is 1.96 bits per heavy atom. The second kappa shape index (κ2) is 9.86. The van der Waals surface area contributed by atoms with E-state index in [-0.39, 0.29) is 46.6 Å². The Bertz CT molecular complexity index is 942. The molecule has 0 saturated carbocycles. The molecule has 0 aromatic heterocycles. The maximum Gasteiger partial charge on any atom is 1.00 e. The first kappa shape index (κ1) is 23.1. The van der Waals surface area contributed by atoms with Crippen LogP contribution in [-0.2, 0) is 14.6 Å². The van der Waals surface area contributed by atoms with Crippen LogP contribution in [0.2, 0.25) is 0 Å². The van der Waals surface area contributed by atoms with Crippen molar-refractivity contribution in [2.45, 2.75) is 6.92 Å². The van der Waals surface area contributed by atoms with Crippen LogP contribution < -0.4 is 29.6 Å². The number of phenols is 1. The standard InChI is InChI=1S/C17H18N3O5S.Na/c1-12-10-15(18-19-20(2)3)7-4-14(12)11-17(25-26(22,23)24)13-5-8-16(21)9-6-13;/h4-5,7-11,21H,1-3H3,(H,22,23,24);/q-1;+1. The van der Waals surface area contributed by atoms with Crippen molar-refractivity contribution in [2.75, 3.05) is 14.1 Å². The van der Waals surface area contributed by atoms with Gasteiger partial charge in [0, 0.05) is 19.8 Å². The van der Waals surface area contributed by atoms with Crippen LogP contribution in [-0.4, -0.2) is 37.2 Å². The van der Waals surface area contributed by atoms with Gasteiger partial charge in [0.25, 0.3) is 0 Å². The summed E-state index contributed by atoms with van der Waals surface area (Å²) in [4.78, 5) is 0. The molecule has 2 aromatic rings. The van der Waals surface area contributed by atoms with Crippen molar-refractivity contribution < 1.29 is 51.8 Å². The van der Waals surface area contributed by atoms with E-state index in [9.17, 15) is 13.5 Å². The van der Waals surface area contributed by atoms with Crippen LogP contribution >= 0.6 is 0 Å². The zero-order valence-corrected chi connectivity index (χ0v) is 18.2. The molecule has 0 aliphatic carbocycles. The molecule has 0 radical (unpaired) electrons. The van der Waals surface area contributed by atoms with Crippen molar-refractivity contribution in [3.8, 4) is 5.75 Å². The number of nitrogens with zero attached hydrogens (tertiary/aromatic N) is 3. The predicted octanol–water partition coefficient (Wildman–Crippen LogP) is 0.383. The number of aromatic hydroxyl groups is 1. The smallest absolute Gasteiger partial charge is 0.551 e. The fourth-order valence-corrected chi connectivity index (χ4v) is 2.36. The van der Waals surface area contributed by atoms with Gasteiger partial charge in [0.2, 0.25) is 0 Å².